The van der Waals surface area contributed by atoms with Gasteiger partial charge in [-0.3, -0.25) is 0 Å². The highest BCUT2D eigenvalue weighted by molar-refractivity contribution is 7.99. The summed E-state index contributed by atoms with van der Waals surface area (Å²) in [7, 11) is 0. The van der Waals surface area contributed by atoms with Crippen molar-refractivity contribution in [1.82, 2.24) is 5.01 Å². The van der Waals surface area contributed by atoms with Crippen molar-refractivity contribution in [1.29, 1.82) is 5.53 Å². The average Bonchev–Trinajstić information content (AvgIpc) is 2.47. The fraction of sp³-hybridized carbons (Fsp3) is 0.357. The molecule has 0 fully saturated rings. The third kappa shape index (κ3) is 3.59. The maximum Gasteiger partial charge on any atom is 0.193 e. The van der Waals surface area contributed by atoms with Crippen LogP contribution in [0.5, 0.6) is 0 Å². The molecule has 1 unspecified atom stereocenters. The number of thioether (sulfide) groups is 1. The summed E-state index contributed by atoms with van der Waals surface area (Å²) < 4.78 is 0. The van der Waals surface area contributed by atoms with Gasteiger partial charge in [0, 0.05) is 0 Å². The number of benzene rings is 1. The van der Waals surface area contributed by atoms with E-state index in [1.54, 1.807) is 11.8 Å². The molecule has 0 saturated carbocycles. The molecular weight excluding hydrogens is 327 g/mol. The van der Waals surface area contributed by atoms with Crippen molar-refractivity contribution >= 4 is 45.7 Å². The zero-order chi connectivity index (χ0) is 15.4. The van der Waals surface area contributed by atoms with Gasteiger partial charge in [-0.25, -0.2) is 10.0 Å². The fourth-order valence-corrected chi connectivity index (χ4v) is 3.60. The van der Waals surface area contributed by atoms with Crippen LogP contribution in [0.4, 0.5) is 0 Å². The summed E-state index contributed by atoms with van der Waals surface area (Å²) in [4.78, 5) is 4.42. The van der Waals surface area contributed by atoms with Gasteiger partial charge >= 0.3 is 0 Å². The first-order chi connectivity index (χ1) is 10.1. The highest BCUT2D eigenvalue weighted by Gasteiger charge is 2.30. The molecule has 1 atom stereocenters. The highest BCUT2D eigenvalue weighted by atomic mass is 35.5. The van der Waals surface area contributed by atoms with Gasteiger partial charge in [0.15, 0.2) is 5.50 Å². The lowest BCUT2D eigenvalue weighted by Crippen LogP contribution is -2.29. The minimum Gasteiger partial charge on any atom is -0.235 e. The van der Waals surface area contributed by atoms with Crippen LogP contribution in [0.25, 0.3) is 5.57 Å². The van der Waals surface area contributed by atoms with E-state index in [4.69, 9.17) is 28.7 Å². The Balaban J connectivity index is 2.39. The molecule has 7 heteroatoms. The second-order valence-electron chi connectivity index (χ2n) is 4.59. The third-order valence-electron chi connectivity index (χ3n) is 2.97. The number of nitrogens with one attached hydrogen (secondary N) is 1. The quantitative estimate of drug-likeness (QED) is 0.588. The van der Waals surface area contributed by atoms with E-state index in [1.165, 1.54) is 5.01 Å². The summed E-state index contributed by atoms with van der Waals surface area (Å²) in [6.07, 6.45) is 1.01. The summed E-state index contributed by atoms with van der Waals surface area (Å²) >= 11 is 14.3. The molecule has 1 aromatic rings. The second kappa shape index (κ2) is 7.29. The predicted molar refractivity (Wildman–Crippen MR) is 90.8 cm³/mol. The Labute approximate surface area is 138 Å². The van der Waals surface area contributed by atoms with Crippen LogP contribution < -0.4 is 0 Å². The molecule has 1 N–H and O–H groups in total. The van der Waals surface area contributed by atoms with Crippen LogP contribution >= 0.6 is 35.0 Å². The Morgan fingerprint density at radius 3 is 2.57 bits per heavy atom. The van der Waals surface area contributed by atoms with Crippen molar-refractivity contribution < 1.29 is 0 Å². The fourth-order valence-electron chi connectivity index (χ4n) is 1.90. The maximum absolute atomic E-state index is 7.35. The monoisotopic (exact) mass is 342 g/mol. The van der Waals surface area contributed by atoms with Crippen molar-refractivity contribution in [2.75, 3.05) is 5.75 Å². The topological polar surface area (TPSA) is 51.8 Å². The lowest BCUT2D eigenvalue weighted by atomic mass is 10.1. The number of allylic oxidation sites excluding steroid dienone is 1. The molecule has 0 aromatic heterocycles. The van der Waals surface area contributed by atoms with Gasteiger partial charge in [-0.2, -0.15) is 5.53 Å². The largest absolute Gasteiger partial charge is 0.235 e. The van der Waals surface area contributed by atoms with Crippen molar-refractivity contribution in [2.45, 2.75) is 25.8 Å². The molecule has 4 nitrogen and oxygen atoms in total. The Kier molecular flexibility index (Phi) is 5.67. The number of aryl methyl sites for hydroxylation is 1. The Morgan fingerprint density at radius 1 is 1.33 bits per heavy atom. The molecule has 0 amide bonds. The molecule has 1 heterocycles. The van der Waals surface area contributed by atoms with Crippen molar-refractivity contribution in [3.05, 3.63) is 40.5 Å². The van der Waals surface area contributed by atoms with Crippen LogP contribution in [0.2, 0.25) is 0 Å². The van der Waals surface area contributed by atoms with Crippen LogP contribution in [0.3, 0.4) is 0 Å². The minimum absolute atomic E-state index is 0.336. The van der Waals surface area contributed by atoms with Crippen molar-refractivity contribution in [2.24, 2.45) is 10.2 Å². The minimum atomic E-state index is -0.378. The van der Waals surface area contributed by atoms with Crippen LogP contribution in [-0.2, 0) is 0 Å². The number of rotatable bonds is 5. The van der Waals surface area contributed by atoms with Crippen molar-refractivity contribution in [3.8, 4) is 0 Å². The molecule has 1 aliphatic rings. The molecule has 0 aliphatic carbocycles. The van der Waals surface area contributed by atoms with Gasteiger partial charge in [0.1, 0.15) is 10.3 Å². The van der Waals surface area contributed by atoms with E-state index in [-0.39, 0.29) is 5.50 Å². The Morgan fingerprint density at radius 2 is 2.00 bits per heavy atom. The number of hydrogen-bond acceptors (Lipinski definition) is 4. The molecule has 0 bridgehead atoms. The summed E-state index contributed by atoms with van der Waals surface area (Å²) in [5.41, 5.74) is 9.61. The first kappa shape index (κ1) is 16.3. The smallest absolute Gasteiger partial charge is 0.193 e. The van der Waals surface area contributed by atoms with Gasteiger partial charge in [0.25, 0.3) is 0 Å². The zero-order valence-electron chi connectivity index (χ0n) is 11.8. The van der Waals surface area contributed by atoms with Crippen LogP contribution in [0.1, 0.15) is 24.5 Å². The lowest BCUT2D eigenvalue weighted by Gasteiger charge is -2.29. The third-order valence-corrected chi connectivity index (χ3v) is 4.86. The standard InChI is InChI=1S/C14H16Cl2N4S/c1-3-8-21-14-18-12(15)11(13(16)20(14)19-17)10-6-4-9(2)5-7-10/h4-7,14,17H,3,8H2,1-2H3. The molecule has 112 valence electrons. The number of nitrogens with zero attached hydrogens (tertiary/aromatic N) is 3. The van der Waals surface area contributed by atoms with Gasteiger partial charge in [-0.05, 0) is 24.7 Å². The van der Waals surface area contributed by atoms with Gasteiger partial charge in [0.2, 0.25) is 0 Å². The molecule has 2 rings (SSSR count). The molecule has 0 spiro atoms. The first-order valence-electron chi connectivity index (χ1n) is 6.57. The summed E-state index contributed by atoms with van der Waals surface area (Å²) in [6, 6.07) is 7.84. The maximum atomic E-state index is 7.35. The van der Waals surface area contributed by atoms with Gasteiger partial charge in [0.05, 0.1) is 5.57 Å². The molecular formula is C14H16Cl2N4S. The normalized spacial score (nSPS) is 18.8. The number of aliphatic imine (C=N–C) groups is 1. The number of halogens is 2. The highest BCUT2D eigenvalue weighted by Crippen LogP contribution is 2.36. The van der Waals surface area contributed by atoms with Gasteiger partial charge < -0.3 is 0 Å². The van der Waals surface area contributed by atoms with Gasteiger partial charge in [-0.1, -0.05) is 65.2 Å². The SMILES string of the molecule is CCCSC1N=C(Cl)C(c2ccc(C)cc2)=C(Cl)N1N=N. The van der Waals surface area contributed by atoms with E-state index in [2.05, 4.69) is 17.1 Å². The first-order valence-corrected chi connectivity index (χ1v) is 8.37. The van der Waals surface area contributed by atoms with Gasteiger partial charge in [-0.15, -0.1) is 11.8 Å². The lowest BCUT2D eigenvalue weighted by molar-refractivity contribution is 0.335. The van der Waals surface area contributed by atoms with E-state index in [1.807, 2.05) is 31.2 Å². The second-order valence-corrected chi connectivity index (χ2v) is 6.47. The van der Waals surface area contributed by atoms with Crippen molar-refractivity contribution in [3.63, 3.8) is 0 Å². The molecule has 0 saturated heterocycles. The van der Waals surface area contributed by atoms with E-state index < -0.39 is 0 Å². The number of hydrogen-bond donors (Lipinski definition) is 1. The van der Waals surface area contributed by atoms with E-state index in [0.717, 1.165) is 23.3 Å². The van der Waals surface area contributed by atoms with Crippen LogP contribution in [-0.4, -0.2) is 21.4 Å². The Hall–Kier alpha value is -1.04. The Bertz CT molecular complexity index is 583. The molecule has 1 aromatic carbocycles. The van der Waals surface area contributed by atoms with E-state index >= 15 is 0 Å². The predicted octanol–water partition coefficient (Wildman–Crippen LogP) is 5.23. The van der Waals surface area contributed by atoms with Crippen LogP contribution in [0, 0.1) is 12.5 Å². The molecule has 1 aliphatic heterocycles. The summed E-state index contributed by atoms with van der Waals surface area (Å²) in [5, 5.41) is 5.58. The summed E-state index contributed by atoms with van der Waals surface area (Å²) in [5.74, 6) is 0.897. The zero-order valence-corrected chi connectivity index (χ0v) is 14.1. The molecule has 0 radical (unpaired) electrons. The summed E-state index contributed by atoms with van der Waals surface area (Å²) in [6.45, 7) is 4.09. The molecule has 21 heavy (non-hydrogen) atoms. The van der Waals surface area contributed by atoms with Crippen LogP contribution in [0.15, 0.2) is 39.6 Å². The van der Waals surface area contributed by atoms with E-state index in [9.17, 15) is 0 Å². The van der Waals surface area contributed by atoms with E-state index in [0.29, 0.717) is 15.9 Å². The average molecular weight is 343 g/mol.